The zero-order chi connectivity index (χ0) is 14.4. The summed E-state index contributed by atoms with van der Waals surface area (Å²) in [5, 5.41) is 14.3. The van der Waals surface area contributed by atoms with Crippen LogP contribution in [0.15, 0.2) is 33.7 Å². The first-order chi connectivity index (χ1) is 9.69. The Balaban J connectivity index is 1.88. The molecule has 0 amide bonds. The van der Waals surface area contributed by atoms with Gasteiger partial charge in [-0.25, -0.2) is 0 Å². The van der Waals surface area contributed by atoms with E-state index in [1.165, 1.54) is 0 Å². The van der Waals surface area contributed by atoms with E-state index in [1.807, 2.05) is 31.2 Å². The average Bonchev–Trinajstić information content (AvgIpc) is 2.85. The van der Waals surface area contributed by atoms with Gasteiger partial charge in [0.05, 0.1) is 23.3 Å². The summed E-state index contributed by atoms with van der Waals surface area (Å²) < 4.78 is 5.13. The molecule has 0 aliphatic heterocycles. The number of thioether (sulfide) groups is 1. The molecule has 0 aliphatic rings. The Kier molecular flexibility index (Phi) is 5.88. The Morgan fingerprint density at radius 1 is 1.40 bits per heavy atom. The molecule has 1 heterocycles. The monoisotopic (exact) mass is 312 g/mol. The van der Waals surface area contributed by atoms with Gasteiger partial charge in [0.1, 0.15) is 0 Å². The fraction of sp³-hybridized carbons (Fsp3) is 0.429. The van der Waals surface area contributed by atoms with Crippen LogP contribution >= 0.6 is 23.4 Å². The van der Waals surface area contributed by atoms with Crippen molar-refractivity contribution in [1.29, 1.82) is 0 Å². The smallest absolute Gasteiger partial charge is 0.229 e. The van der Waals surface area contributed by atoms with Gasteiger partial charge in [0.2, 0.25) is 5.89 Å². The second-order valence-corrected chi connectivity index (χ2v) is 5.89. The molecule has 1 N–H and O–H groups in total. The first kappa shape index (κ1) is 15.4. The lowest BCUT2D eigenvalue weighted by Crippen LogP contribution is -2.09. The Bertz CT molecular complexity index is 547. The average molecular weight is 313 g/mol. The SMILES string of the molecule is CCCC(O)Cc1nc(CSc2ccccc2Cl)no1. The maximum Gasteiger partial charge on any atom is 0.229 e. The summed E-state index contributed by atoms with van der Waals surface area (Å²) >= 11 is 7.64. The summed E-state index contributed by atoms with van der Waals surface area (Å²) in [4.78, 5) is 5.27. The minimum absolute atomic E-state index is 0.412. The van der Waals surface area contributed by atoms with Crippen LogP contribution in [0.4, 0.5) is 0 Å². The zero-order valence-electron chi connectivity index (χ0n) is 11.3. The maximum atomic E-state index is 9.71. The zero-order valence-corrected chi connectivity index (χ0v) is 12.8. The van der Waals surface area contributed by atoms with Crippen LogP contribution in [0.1, 0.15) is 31.5 Å². The van der Waals surface area contributed by atoms with E-state index >= 15 is 0 Å². The van der Waals surface area contributed by atoms with E-state index in [2.05, 4.69) is 10.1 Å². The van der Waals surface area contributed by atoms with Gasteiger partial charge < -0.3 is 9.63 Å². The quantitative estimate of drug-likeness (QED) is 0.790. The predicted molar refractivity (Wildman–Crippen MR) is 79.9 cm³/mol. The van der Waals surface area contributed by atoms with E-state index < -0.39 is 6.10 Å². The molecule has 6 heteroatoms. The molecule has 0 radical (unpaired) electrons. The molecule has 108 valence electrons. The summed E-state index contributed by atoms with van der Waals surface area (Å²) in [7, 11) is 0. The van der Waals surface area contributed by atoms with Crippen LogP contribution < -0.4 is 0 Å². The third kappa shape index (κ3) is 4.51. The topological polar surface area (TPSA) is 59.2 Å². The summed E-state index contributed by atoms with van der Waals surface area (Å²) in [5.41, 5.74) is 0. The van der Waals surface area contributed by atoms with Crippen LogP contribution in [0.3, 0.4) is 0 Å². The van der Waals surface area contributed by atoms with Gasteiger partial charge in [-0.15, -0.1) is 11.8 Å². The van der Waals surface area contributed by atoms with Crippen LogP contribution in [0.5, 0.6) is 0 Å². The standard InChI is InChI=1S/C14H17ClN2O2S/c1-2-5-10(18)8-14-16-13(17-19-14)9-20-12-7-4-3-6-11(12)15/h3-4,6-7,10,18H,2,5,8-9H2,1H3. The summed E-state index contributed by atoms with van der Waals surface area (Å²) in [5.74, 6) is 1.70. The molecule has 2 rings (SSSR count). The summed E-state index contributed by atoms with van der Waals surface area (Å²) in [6, 6.07) is 7.65. The Hall–Kier alpha value is -1.04. The van der Waals surface area contributed by atoms with Crippen molar-refractivity contribution in [2.24, 2.45) is 0 Å². The second-order valence-electron chi connectivity index (χ2n) is 4.47. The lowest BCUT2D eigenvalue weighted by molar-refractivity contribution is 0.151. The third-order valence-electron chi connectivity index (χ3n) is 2.74. The van der Waals surface area contributed by atoms with E-state index in [0.29, 0.717) is 23.9 Å². The highest BCUT2D eigenvalue weighted by molar-refractivity contribution is 7.98. The van der Waals surface area contributed by atoms with Crippen LogP contribution in [0.2, 0.25) is 5.02 Å². The van der Waals surface area contributed by atoms with Crippen molar-refractivity contribution in [1.82, 2.24) is 10.1 Å². The van der Waals surface area contributed by atoms with E-state index in [4.69, 9.17) is 16.1 Å². The molecule has 1 unspecified atom stereocenters. The highest BCUT2D eigenvalue weighted by Crippen LogP contribution is 2.28. The number of nitrogens with zero attached hydrogens (tertiary/aromatic N) is 2. The predicted octanol–water partition coefficient (Wildman–Crippen LogP) is 3.72. The molecule has 0 spiro atoms. The minimum Gasteiger partial charge on any atom is -0.393 e. The van der Waals surface area contributed by atoms with Crippen molar-refractivity contribution < 1.29 is 9.63 Å². The highest BCUT2D eigenvalue weighted by atomic mass is 35.5. The fourth-order valence-electron chi connectivity index (χ4n) is 1.77. The normalized spacial score (nSPS) is 12.6. The lowest BCUT2D eigenvalue weighted by Gasteiger charge is -2.04. The molecule has 0 fully saturated rings. The molecule has 1 atom stereocenters. The fourth-order valence-corrected chi connectivity index (χ4v) is 2.85. The van der Waals surface area contributed by atoms with E-state index in [-0.39, 0.29) is 0 Å². The number of hydrogen-bond acceptors (Lipinski definition) is 5. The van der Waals surface area contributed by atoms with Crippen molar-refractivity contribution in [3.63, 3.8) is 0 Å². The molecule has 1 aromatic carbocycles. The van der Waals surface area contributed by atoms with Gasteiger partial charge in [-0.05, 0) is 18.6 Å². The number of halogens is 1. The molecule has 0 saturated carbocycles. The van der Waals surface area contributed by atoms with E-state index in [9.17, 15) is 5.11 Å². The van der Waals surface area contributed by atoms with Gasteiger partial charge in [0.15, 0.2) is 5.82 Å². The number of benzene rings is 1. The van der Waals surface area contributed by atoms with E-state index in [1.54, 1.807) is 11.8 Å². The summed E-state index contributed by atoms with van der Waals surface area (Å²) in [6.07, 6.45) is 1.68. The number of rotatable bonds is 7. The number of hydrogen-bond donors (Lipinski definition) is 1. The molecule has 0 bridgehead atoms. The second kappa shape index (κ2) is 7.67. The Labute approximate surface area is 127 Å². The Morgan fingerprint density at radius 2 is 2.20 bits per heavy atom. The number of aliphatic hydroxyl groups excluding tert-OH is 1. The van der Waals surface area contributed by atoms with Crippen molar-refractivity contribution >= 4 is 23.4 Å². The largest absolute Gasteiger partial charge is 0.393 e. The van der Waals surface area contributed by atoms with Crippen LogP contribution in [-0.4, -0.2) is 21.4 Å². The highest BCUT2D eigenvalue weighted by Gasteiger charge is 2.12. The molecule has 2 aromatic rings. The molecule has 0 saturated heterocycles. The van der Waals surface area contributed by atoms with Crippen molar-refractivity contribution in [3.8, 4) is 0 Å². The molecular formula is C14H17ClN2O2S. The van der Waals surface area contributed by atoms with Crippen molar-refractivity contribution in [2.75, 3.05) is 0 Å². The van der Waals surface area contributed by atoms with Gasteiger partial charge in [-0.3, -0.25) is 0 Å². The van der Waals surface area contributed by atoms with Gasteiger partial charge in [0, 0.05) is 4.90 Å². The minimum atomic E-state index is -0.412. The number of aliphatic hydroxyl groups is 1. The number of aromatic nitrogens is 2. The molecule has 1 aromatic heterocycles. The van der Waals surface area contributed by atoms with Gasteiger partial charge >= 0.3 is 0 Å². The van der Waals surface area contributed by atoms with E-state index in [0.717, 1.165) is 22.8 Å². The molecule has 0 aliphatic carbocycles. The van der Waals surface area contributed by atoms with Gasteiger partial charge in [0.25, 0.3) is 0 Å². The van der Waals surface area contributed by atoms with Crippen LogP contribution in [-0.2, 0) is 12.2 Å². The molecule has 4 nitrogen and oxygen atoms in total. The van der Waals surface area contributed by atoms with Crippen molar-refractivity contribution in [3.05, 3.63) is 41.0 Å². The van der Waals surface area contributed by atoms with Crippen molar-refractivity contribution in [2.45, 2.75) is 42.9 Å². The van der Waals surface area contributed by atoms with Crippen LogP contribution in [0, 0.1) is 0 Å². The lowest BCUT2D eigenvalue weighted by atomic mass is 10.1. The maximum absolute atomic E-state index is 9.71. The molecular weight excluding hydrogens is 296 g/mol. The first-order valence-electron chi connectivity index (χ1n) is 6.56. The summed E-state index contributed by atoms with van der Waals surface area (Å²) in [6.45, 7) is 2.03. The van der Waals surface area contributed by atoms with Crippen LogP contribution in [0.25, 0.3) is 0 Å². The first-order valence-corrected chi connectivity index (χ1v) is 7.92. The van der Waals surface area contributed by atoms with Gasteiger partial charge in [-0.2, -0.15) is 4.98 Å². The Morgan fingerprint density at radius 3 is 2.95 bits per heavy atom. The van der Waals surface area contributed by atoms with Gasteiger partial charge in [-0.1, -0.05) is 42.2 Å². The third-order valence-corrected chi connectivity index (χ3v) is 4.25. The molecule has 20 heavy (non-hydrogen) atoms.